The van der Waals surface area contributed by atoms with E-state index in [0.29, 0.717) is 5.75 Å². The zero-order valence-corrected chi connectivity index (χ0v) is 14.6. The Morgan fingerprint density at radius 3 is 2.00 bits per heavy atom. The first-order chi connectivity index (χ1) is 11.7. The fourth-order valence-electron chi connectivity index (χ4n) is 3.35. The number of fused-ring (bicyclic) bond motifs is 1. The van der Waals surface area contributed by atoms with Gasteiger partial charge in [-0.25, -0.2) is 0 Å². The van der Waals surface area contributed by atoms with Gasteiger partial charge < -0.3 is 18.9 Å². The first-order valence-electron chi connectivity index (χ1n) is 7.69. The number of hydrogen-bond donors (Lipinski definition) is 0. The molecule has 1 aliphatic heterocycles. The fraction of sp³-hybridized carbons (Fsp3) is 0.316. The molecular weight excluding hydrogens is 306 g/mol. The second-order valence-electron chi connectivity index (χ2n) is 5.56. The van der Waals surface area contributed by atoms with Gasteiger partial charge in [0.2, 0.25) is 6.04 Å². The zero-order chi connectivity index (χ0) is 17.3. The highest BCUT2D eigenvalue weighted by Gasteiger charge is 2.42. The molecule has 3 rings (SSSR count). The number of ether oxygens (including phenoxy) is 4. The molecule has 5 heteroatoms. The molecule has 1 unspecified atom stereocenters. The zero-order valence-electron chi connectivity index (χ0n) is 14.6. The molecule has 2 aromatic rings. The molecule has 0 spiro atoms. The summed E-state index contributed by atoms with van der Waals surface area (Å²) in [5.74, 6) is 2.96. The molecule has 5 nitrogen and oxygen atoms in total. The highest BCUT2D eigenvalue weighted by atomic mass is 16.5. The lowest BCUT2D eigenvalue weighted by atomic mass is 9.95. The van der Waals surface area contributed by atoms with E-state index >= 15 is 0 Å². The van der Waals surface area contributed by atoms with Crippen LogP contribution in [-0.4, -0.2) is 46.0 Å². The molecule has 0 amide bonds. The van der Waals surface area contributed by atoms with E-state index in [1.807, 2.05) is 31.3 Å². The monoisotopic (exact) mass is 328 g/mol. The van der Waals surface area contributed by atoms with Gasteiger partial charge in [-0.2, -0.15) is 4.58 Å². The molecule has 0 bridgehead atoms. The van der Waals surface area contributed by atoms with Crippen LogP contribution in [0.2, 0.25) is 0 Å². The van der Waals surface area contributed by atoms with Gasteiger partial charge in [0, 0.05) is 17.7 Å². The van der Waals surface area contributed by atoms with Gasteiger partial charge >= 0.3 is 5.90 Å². The Morgan fingerprint density at radius 1 is 0.833 bits per heavy atom. The number of methoxy groups -OCH3 is 4. The van der Waals surface area contributed by atoms with Crippen LogP contribution < -0.4 is 14.2 Å². The summed E-state index contributed by atoms with van der Waals surface area (Å²) in [6.45, 7) is 0. The highest BCUT2D eigenvalue weighted by Crippen LogP contribution is 2.45. The van der Waals surface area contributed by atoms with Crippen molar-refractivity contribution in [2.75, 3.05) is 35.5 Å². The summed E-state index contributed by atoms with van der Waals surface area (Å²) in [6, 6.07) is 11.9. The third-order valence-corrected chi connectivity index (χ3v) is 4.41. The predicted molar refractivity (Wildman–Crippen MR) is 91.7 cm³/mol. The van der Waals surface area contributed by atoms with Crippen LogP contribution in [-0.2, 0) is 4.74 Å². The van der Waals surface area contributed by atoms with Crippen molar-refractivity contribution >= 4 is 5.90 Å². The van der Waals surface area contributed by atoms with Crippen LogP contribution >= 0.6 is 0 Å². The molecule has 0 radical (unpaired) electrons. The van der Waals surface area contributed by atoms with Gasteiger partial charge in [-0.3, -0.25) is 0 Å². The van der Waals surface area contributed by atoms with Crippen molar-refractivity contribution in [3.8, 4) is 17.2 Å². The van der Waals surface area contributed by atoms with Crippen LogP contribution in [0.1, 0.15) is 22.7 Å². The third-order valence-electron chi connectivity index (χ3n) is 4.41. The Bertz CT molecular complexity index is 773. The van der Waals surface area contributed by atoms with Crippen molar-refractivity contribution in [1.29, 1.82) is 0 Å². The minimum atomic E-state index is -0.0630. The van der Waals surface area contributed by atoms with E-state index in [0.717, 1.165) is 34.1 Å². The van der Waals surface area contributed by atoms with Crippen molar-refractivity contribution < 1.29 is 23.5 Å². The minimum Gasteiger partial charge on any atom is -0.496 e. The maximum atomic E-state index is 5.64. The van der Waals surface area contributed by atoms with Gasteiger partial charge in [0.05, 0.1) is 34.0 Å². The maximum absolute atomic E-state index is 5.64. The predicted octanol–water partition coefficient (Wildman–Crippen LogP) is 2.85. The molecule has 0 fully saturated rings. The quantitative estimate of drug-likeness (QED) is 0.809. The van der Waals surface area contributed by atoms with Gasteiger partial charge in [0.15, 0.2) is 0 Å². The SMILES string of the molecule is COC1=[N+](C)C(c2c(OC)cc(OC)cc2OC)c2ccccc21. The second-order valence-corrected chi connectivity index (χ2v) is 5.56. The van der Waals surface area contributed by atoms with Gasteiger partial charge in [0.1, 0.15) is 29.9 Å². The summed E-state index contributed by atoms with van der Waals surface area (Å²) in [5, 5.41) is 0. The summed E-state index contributed by atoms with van der Waals surface area (Å²) >= 11 is 0. The molecular formula is C19H22NO4+. The summed E-state index contributed by atoms with van der Waals surface area (Å²) in [4.78, 5) is 0. The average Bonchev–Trinajstić information content (AvgIpc) is 2.91. The molecule has 0 saturated heterocycles. The van der Waals surface area contributed by atoms with Crippen molar-refractivity contribution in [2.45, 2.75) is 6.04 Å². The van der Waals surface area contributed by atoms with Crippen LogP contribution in [0.5, 0.6) is 17.2 Å². The average molecular weight is 328 g/mol. The minimum absolute atomic E-state index is 0.0630. The van der Waals surface area contributed by atoms with Crippen molar-refractivity contribution in [3.05, 3.63) is 53.1 Å². The van der Waals surface area contributed by atoms with Crippen molar-refractivity contribution in [2.24, 2.45) is 0 Å². The second kappa shape index (κ2) is 6.43. The first-order valence-corrected chi connectivity index (χ1v) is 7.69. The van der Waals surface area contributed by atoms with Crippen LogP contribution in [0.4, 0.5) is 0 Å². The van der Waals surface area contributed by atoms with Crippen molar-refractivity contribution in [1.82, 2.24) is 0 Å². The molecule has 1 aliphatic rings. The number of rotatable bonds is 4. The maximum Gasteiger partial charge on any atom is 0.370 e. The normalized spacial score (nSPS) is 16.0. The largest absolute Gasteiger partial charge is 0.496 e. The molecule has 1 atom stereocenters. The highest BCUT2D eigenvalue weighted by molar-refractivity contribution is 5.94. The van der Waals surface area contributed by atoms with Gasteiger partial charge in [-0.1, -0.05) is 18.2 Å². The molecule has 126 valence electrons. The Morgan fingerprint density at radius 2 is 1.46 bits per heavy atom. The lowest BCUT2D eigenvalue weighted by molar-refractivity contribution is -0.535. The molecule has 0 N–H and O–H groups in total. The van der Waals surface area contributed by atoms with E-state index in [9.17, 15) is 0 Å². The van der Waals surface area contributed by atoms with E-state index in [1.54, 1.807) is 28.4 Å². The smallest absolute Gasteiger partial charge is 0.370 e. The summed E-state index contributed by atoms with van der Waals surface area (Å²) in [5.41, 5.74) is 3.17. The molecule has 1 heterocycles. The van der Waals surface area contributed by atoms with Gasteiger partial charge in [0.25, 0.3) is 0 Å². The molecule has 0 saturated carbocycles. The molecule has 0 aromatic heterocycles. The Labute approximate surface area is 142 Å². The van der Waals surface area contributed by atoms with E-state index in [-0.39, 0.29) is 6.04 Å². The summed E-state index contributed by atoms with van der Waals surface area (Å²) < 4.78 is 24.4. The lowest BCUT2D eigenvalue weighted by Gasteiger charge is -2.18. The molecule has 2 aromatic carbocycles. The van der Waals surface area contributed by atoms with E-state index in [4.69, 9.17) is 18.9 Å². The van der Waals surface area contributed by atoms with Crippen LogP contribution in [0.15, 0.2) is 36.4 Å². The summed E-state index contributed by atoms with van der Waals surface area (Å²) in [6.07, 6.45) is 0. The first kappa shape index (κ1) is 16.2. The molecule has 24 heavy (non-hydrogen) atoms. The molecule has 0 aliphatic carbocycles. The standard InChI is InChI=1S/C19H22NO4/c1-20-18(13-8-6-7-9-14(13)19(20)24-5)17-15(22-3)10-12(21-2)11-16(17)23-4/h6-11,18H,1-5H3/q+1. The van der Waals surface area contributed by atoms with Gasteiger partial charge in [-0.05, 0) is 6.07 Å². The Balaban J connectivity index is 2.28. The Hall–Kier alpha value is -2.69. The van der Waals surface area contributed by atoms with Crippen LogP contribution in [0, 0.1) is 0 Å². The lowest BCUT2D eigenvalue weighted by Crippen LogP contribution is -2.18. The van der Waals surface area contributed by atoms with E-state index < -0.39 is 0 Å². The van der Waals surface area contributed by atoms with Gasteiger partial charge in [-0.15, -0.1) is 0 Å². The van der Waals surface area contributed by atoms with E-state index in [1.165, 1.54) is 0 Å². The fourth-order valence-corrected chi connectivity index (χ4v) is 3.35. The topological polar surface area (TPSA) is 39.9 Å². The van der Waals surface area contributed by atoms with Crippen molar-refractivity contribution in [3.63, 3.8) is 0 Å². The summed E-state index contributed by atoms with van der Waals surface area (Å²) in [7, 11) is 8.63. The van der Waals surface area contributed by atoms with Crippen LogP contribution in [0.25, 0.3) is 0 Å². The number of nitrogens with zero attached hydrogens (tertiary/aromatic N) is 1. The number of hydrogen-bond acceptors (Lipinski definition) is 4. The Kier molecular flexibility index (Phi) is 4.34. The number of benzene rings is 2. The van der Waals surface area contributed by atoms with Crippen LogP contribution in [0.3, 0.4) is 0 Å². The third kappa shape index (κ3) is 2.37. The van der Waals surface area contributed by atoms with E-state index in [2.05, 4.69) is 16.7 Å².